The van der Waals surface area contributed by atoms with E-state index in [2.05, 4.69) is 4.90 Å². The minimum absolute atomic E-state index is 0.274. The molecule has 0 aliphatic carbocycles. The van der Waals surface area contributed by atoms with Crippen LogP contribution in [0.2, 0.25) is 5.02 Å². The Labute approximate surface area is 118 Å². The molecule has 0 unspecified atom stereocenters. The van der Waals surface area contributed by atoms with Crippen molar-refractivity contribution in [2.24, 2.45) is 11.7 Å². The Morgan fingerprint density at radius 3 is 2.67 bits per heavy atom. The number of aliphatic hydroxyl groups is 1. The maximum absolute atomic E-state index is 9.15. The Morgan fingerprint density at radius 2 is 2.11 bits per heavy atom. The van der Waals surface area contributed by atoms with Crippen molar-refractivity contribution in [3.63, 3.8) is 0 Å². The largest absolute Gasteiger partial charge is 0.396 e. The van der Waals surface area contributed by atoms with Crippen LogP contribution in [0.4, 0.5) is 5.69 Å². The number of hydrogen-bond acceptors (Lipinski definition) is 3. The maximum atomic E-state index is 9.15. The van der Waals surface area contributed by atoms with Gasteiger partial charge in [-0.15, -0.1) is 0 Å². The second kappa shape index (κ2) is 5.87. The van der Waals surface area contributed by atoms with Crippen LogP contribution < -0.4 is 10.6 Å². The van der Waals surface area contributed by atoms with Gasteiger partial charge in [0.05, 0.1) is 0 Å². The average Bonchev–Trinajstić information content (AvgIpc) is 2.39. The van der Waals surface area contributed by atoms with Gasteiger partial charge < -0.3 is 15.7 Å². The molecular formula is C13H17ClN2OS. The predicted molar refractivity (Wildman–Crippen MR) is 79.4 cm³/mol. The summed E-state index contributed by atoms with van der Waals surface area (Å²) in [4.78, 5) is 2.63. The number of piperidine rings is 1. The van der Waals surface area contributed by atoms with Crippen molar-refractivity contribution in [3.8, 4) is 0 Å². The number of aliphatic hydroxyl groups excluding tert-OH is 1. The van der Waals surface area contributed by atoms with Gasteiger partial charge in [0.2, 0.25) is 0 Å². The second-order valence-electron chi connectivity index (χ2n) is 4.64. The van der Waals surface area contributed by atoms with E-state index in [0.29, 0.717) is 15.9 Å². The summed E-state index contributed by atoms with van der Waals surface area (Å²) in [6.07, 6.45) is 1.99. The molecule has 0 aromatic heterocycles. The Kier molecular flexibility index (Phi) is 4.43. The molecule has 0 radical (unpaired) electrons. The van der Waals surface area contributed by atoms with E-state index in [1.54, 1.807) is 0 Å². The summed E-state index contributed by atoms with van der Waals surface area (Å²) in [5, 5.41) is 9.80. The van der Waals surface area contributed by atoms with Crippen LogP contribution in [-0.2, 0) is 0 Å². The molecule has 3 N–H and O–H groups in total. The first kappa shape index (κ1) is 13.6. The fourth-order valence-electron chi connectivity index (χ4n) is 2.34. The summed E-state index contributed by atoms with van der Waals surface area (Å²) in [6, 6.07) is 5.64. The molecule has 1 saturated heterocycles. The molecule has 3 nitrogen and oxygen atoms in total. The van der Waals surface area contributed by atoms with Gasteiger partial charge >= 0.3 is 0 Å². The van der Waals surface area contributed by atoms with Crippen LogP contribution >= 0.6 is 23.8 Å². The lowest BCUT2D eigenvalue weighted by Crippen LogP contribution is -2.36. The van der Waals surface area contributed by atoms with E-state index in [-0.39, 0.29) is 6.61 Å². The molecule has 1 aromatic rings. The number of halogens is 1. The van der Waals surface area contributed by atoms with Crippen molar-refractivity contribution >= 4 is 34.5 Å². The number of hydrogen-bond donors (Lipinski definition) is 2. The summed E-state index contributed by atoms with van der Waals surface area (Å²) in [5.41, 5.74) is 7.63. The Bertz CT molecular complexity index is 445. The number of thiocarbonyl (C=S) groups is 1. The number of anilines is 1. The number of nitrogens with two attached hydrogens (primary N) is 1. The number of benzene rings is 1. The molecular weight excluding hydrogens is 268 g/mol. The van der Waals surface area contributed by atoms with Crippen molar-refractivity contribution in [1.29, 1.82) is 0 Å². The van der Waals surface area contributed by atoms with Crippen molar-refractivity contribution in [2.75, 3.05) is 24.6 Å². The van der Waals surface area contributed by atoms with E-state index >= 15 is 0 Å². The monoisotopic (exact) mass is 284 g/mol. The first-order valence-corrected chi connectivity index (χ1v) is 6.85. The van der Waals surface area contributed by atoms with Crippen LogP contribution in [0.1, 0.15) is 18.4 Å². The highest BCUT2D eigenvalue weighted by Gasteiger charge is 2.21. The van der Waals surface area contributed by atoms with Gasteiger partial charge in [-0.05, 0) is 37.0 Å². The first-order chi connectivity index (χ1) is 8.61. The van der Waals surface area contributed by atoms with Gasteiger partial charge in [-0.25, -0.2) is 0 Å². The van der Waals surface area contributed by atoms with Crippen molar-refractivity contribution < 1.29 is 5.11 Å². The van der Waals surface area contributed by atoms with Gasteiger partial charge in [0.15, 0.2) is 0 Å². The van der Waals surface area contributed by atoms with E-state index in [0.717, 1.165) is 37.2 Å². The zero-order valence-electron chi connectivity index (χ0n) is 10.1. The molecule has 0 atom stereocenters. The molecule has 0 spiro atoms. The van der Waals surface area contributed by atoms with Gasteiger partial charge in [0, 0.05) is 36.0 Å². The fourth-order valence-corrected chi connectivity index (χ4v) is 2.67. The molecule has 1 heterocycles. The highest BCUT2D eigenvalue weighted by molar-refractivity contribution is 7.80. The zero-order chi connectivity index (χ0) is 13.1. The van der Waals surface area contributed by atoms with Crippen LogP contribution in [0.5, 0.6) is 0 Å². The number of rotatable bonds is 3. The highest BCUT2D eigenvalue weighted by Crippen LogP contribution is 2.28. The maximum Gasteiger partial charge on any atom is 0.106 e. The van der Waals surface area contributed by atoms with Gasteiger partial charge in [0.25, 0.3) is 0 Å². The summed E-state index contributed by atoms with van der Waals surface area (Å²) < 4.78 is 0. The Morgan fingerprint density at radius 1 is 1.44 bits per heavy atom. The minimum atomic E-state index is 0.274. The summed E-state index contributed by atoms with van der Waals surface area (Å²) in [6.45, 7) is 2.11. The molecule has 5 heteroatoms. The van der Waals surface area contributed by atoms with Crippen LogP contribution in [-0.4, -0.2) is 29.8 Å². The average molecular weight is 285 g/mol. The molecule has 1 aliphatic heterocycles. The van der Waals surface area contributed by atoms with Crippen molar-refractivity contribution in [3.05, 3.63) is 28.8 Å². The van der Waals surface area contributed by atoms with Crippen LogP contribution in [0.15, 0.2) is 18.2 Å². The van der Waals surface area contributed by atoms with Gasteiger partial charge in [0.1, 0.15) is 4.99 Å². The molecule has 1 aliphatic rings. The van der Waals surface area contributed by atoms with Gasteiger partial charge in [-0.2, -0.15) is 0 Å². The lowest BCUT2D eigenvalue weighted by Gasteiger charge is -2.34. The lowest BCUT2D eigenvalue weighted by molar-refractivity contribution is 0.203. The molecule has 18 heavy (non-hydrogen) atoms. The normalized spacial score (nSPS) is 16.9. The number of nitrogens with zero attached hydrogens (tertiary/aromatic N) is 1. The van der Waals surface area contributed by atoms with E-state index < -0.39 is 0 Å². The Hall–Kier alpha value is -0.840. The molecule has 1 fully saturated rings. The summed E-state index contributed by atoms with van der Waals surface area (Å²) >= 11 is 11.1. The highest BCUT2D eigenvalue weighted by atomic mass is 35.5. The predicted octanol–water partition coefficient (Wildman–Crippen LogP) is 2.18. The molecule has 1 aromatic carbocycles. The Balaban J connectivity index is 2.21. The molecule has 98 valence electrons. The van der Waals surface area contributed by atoms with E-state index in [9.17, 15) is 0 Å². The standard InChI is InChI=1S/C13H17ClN2OS/c14-10-1-2-12(11(7-10)13(15)18)16-5-3-9(8-17)4-6-16/h1-2,7,9,17H,3-6,8H2,(H2,15,18). The van der Waals surface area contributed by atoms with Crippen LogP contribution in [0.3, 0.4) is 0 Å². The van der Waals surface area contributed by atoms with E-state index in [4.69, 9.17) is 34.7 Å². The van der Waals surface area contributed by atoms with Gasteiger partial charge in [-0.3, -0.25) is 0 Å². The molecule has 0 bridgehead atoms. The third-order valence-electron chi connectivity index (χ3n) is 3.44. The molecule has 2 rings (SSSR count). The second-order valence-corrected chi connectivity index (χ2v) is 5.51. The van der Waals surface area contributed by atoms with Crippen LogP contribution in [0, 0.1) is 5.92 Å². The van der Waals surface area contributed by atoms with Gasteiger partial charge in [-0.1, -0.05) is 23.8 Å². The smallest absolute Gasteiger partial charge is 0.106 e. The topological polar surface area (TPSA) is 49.5 Å². The quantitative estimate of drug-likeness (QED) is 0.836. The summed E-state index contributed by atoms with van der Waals surface area (Å²) in [5.74, 6) is 0.418. The van der Waals surface area contributed by atoms with Crippen molar-refractivity contribution in [1.82, 2.24) is 0 Å². The van der Waals surface area contributed by atoms with Crippen LogP contribution in [0.25, 0.3) is 0 Å². The van der Waals surface area contributed by atoms with E-state index in [1.807, 2.05) is 18.2 Å². The third-order valence-corrected chi connectivity index (χ3v) is 3.89. The zero-order valence-corrected chi connectivity index (χ0v) is 11.7. The first-order valence-electron chi connectivity index (χ1n) is 6.07. The SMILES string of the molecule is NC(=S)c1cc(Cl)ccc1N1CCC(CO)CC1. The fraction of sp³-hybridized carbons (Fsp3) is 0.462. The van der Waals surface area contributed by atoms with E-state index in [1.165, 1.54) is 0 Å². The molecule has 0 amide bonds. The lowest BCUT2D eigenvalue weighted by atomic mass is 9.97. The molecule has 0 saturated carbocycles. The van der Waals surface area contributed by atoms with Crippen molar-refractivity contribution in [2.45, 2.75) is 12.8 Å². The minimum Gasteiger partial charge on any atom is -0.396 e. The third kappa shape index (κ3) is 2.94. The summed E-state index contributed by atoms with van der Waals surface area (Å²) in [7, 11) is 0.